The summed E-state index contributed by atoms with van der Waals surface area (Å²) in [5.41, 5.74) is 23.0. The molecule has 2 aromatic carbocycles. The van der Waals surface area contributed by atoms with E-state index in [1.165, 1.54) is 71.9 Å². The number of hydrogen-bond acceptors (Lipinski definition) is 2. The van der Waals surface area contributed by atoms with Gasteiger partial charge in [0.25, 0.3) is 0 Å². The minimum atomic E-state index is 0. The van der Waals surface area contributed by atoms with Crippen molar-refractivity contribution in [2.75, 3.05) is 11.5 Å². The first kappa shape index (κ1) is 16.3. The maximum atomic E-state index is 6.42. The predicted octanol–water partition coefficient (Wildman–Crippen LogP) is 4.39. The van der Waals surface area contributed by atoms with E-state index in [-0.39, 0.29) is 13.5 Å². The second kappa shape index (κ2) is 6.48. The summed E-state index contributed by atoms with van der Waals surface area (Å²) in [7, 11) is 0. The van der Waals surface area contributed by atoms with Gasteiger partial charge in [0, 0.05) is 22.5 Å². The lowest BCUT2D eigenvalue weighted by molar-refractivity contribution is 0.682. The number of rotatable bonds is 1. The molecule has 0 aromatic heterocycles. The fraction of sp³-hybridized carbons (Fsp3) is 0.400. The summed E-state index contributed by atoms with van der Waals surface area (Å²) >= 11 is 0. The van der Waals surface area contributed by atoms with Gasteiger partial charge in [-0.15, -0.1) is 0 Å². The standard InChI is InChI=1S/C20H24N2.H2S/c21-17-11-9-13-5-1-3-7-15(13)19(17)20-16-8-4-2-6-14(16)10-12-18(20)22;/h9-12H,1-8,21-22H2;1H2. The van der Waals surface area contributed by atoms with Crippen LogP contribution >= 0.6 is 13.5 Å². The Kier molecular flexibility index (Phi) is 4.58. The van der Waals surface area contributed by atoms with E-state index in [0.29, 0.717) is 0 Å². The Balaban J connectivity index is 0.00000156. The number of aryl methyl sites for hydroxylation is 2. The molecule has 0 radical (unpaired) electrons. The van der Waals surface area contributed by atoms with E-state index in [1.54, 1.807) is 0 Å². The van der Waals surface area contributed by atoms with Crippen molar-refractivity contribution in [3.8, 4) is 11.1 Å². The normalized spacial score (nSPS) is 16.2. The molecule has 0 heterocycles. The Morgan fingerprint density at radius 2 is 0.957 bits per heavy atom. The average Bonchev–Trinajstić information content (AvgIpc) is 2.56. The third-order valence-corrected chi connectivity index (χ3v) is 5.38. The van der Waals surface area contributed by atoms with Gasteiger partial charge in [0.1, 0.15) is 0 Å². The van der Waals surface area contributed by atoms with Crippen molar-refractivity contribution < 1.29 is 0 Å². The van der Waals surface area contributed by atoms with Crippen molar-refractivity contribution in [2.45, 2.75) is 51.4 Å². The lowest BCUT2D eigenvalue weighted by Crippen LogP contribution is -2.11. The zero-order valence-electron chi connectivity index (χ0n) is 13.6. The summed E-state index contributed by atoms with van der Waals surface area (Å²) < 4.78 is 0. The van der Waals surface area contributed by atoms with Crippen LogP contribution in [0.3, 0.4) is 0 Å². The number of hydrogen-bond donors (Lipinski definition) is 2. The van der Waals surface area contributed by atoms with Crippen LogP contribution in [-0.4, -0.2) is 0 Å². The van der Waals surface area contributed by atoms with Gasteiger partial charge in [-0.1, -0.05) is 12.1 Å². The van der Waals surface area contributed by atoms with Crippen molar-refractivity contribution in [3.05, 3.63) is 46.5 Å². The summed E-state index contributed by atoms with van der Waals surface area (Å²) in [6, 6.07) is 8.61. The van der Waals surface area contributed by atoms with Gasteiger partial charge >= 0.3 is 0 Å². The highest BCUT2D eigenvalue weighted by atomic mass is 32.1. The molecule has 0 atom stereocenters. The largest absolute Gasteiger partial charge is 0.398 e. The van der Waals surface area contributed by atoms with E-state index in [0.717, 1.165) is 24.2 Å². The molecule has 3 heteroatoms. The fourth-order valence-corrected chi connectivity index (χ4v) is 4.28. The highest BCUT2D eigenvalue weighted by Gasteiger charge is 2.23. The van der Waals surface area contributed by atoms with Crippen LogP contribution in [-0.2, 0) is 25.7 Å². The van der Waals surface area contributed by atoms with Gasteiger partial charge < -0.3 is 11.5 Å². The van der Waals surface area contributed by atoms with E-state index in [1.807, 2.05) is 0 Å². The van der Waals surface area contributed by atoms with E-state index < -0.39 is 0 Å². The molecule has 0 bridgehead atoms. The van der Waals surface area contributed by atoms with Crippen LogP contribution in [0.25, 0.3) is 11.1 Å². The van der Waals surface area contributed by atoms with E-state index in [9.17, 15) is 0 Å². The van der Waals surface area contributed by atoms with Crippen molar-refractivity contribution in [2.24, 2.45) is 0 Å². The Morgan fingerprint density at radius 3 is 1.39 bits per heavy atom. The fourth-order valence-electron chi connectivity index (χ4n) is 4.28. The number of nitrogen functional groups attached to an aromatic ring is 2. The molecular formula is C20H26N2S. The molecule has 0 unspecified atom stereocenters. The summed E-state index contributed by atoms with van der Waals surface area (Å²) in [4.78, 5) is 0. The van der Waals surface area contributed by atoms with Gasteiger partial charge in [-0.05, 0) is 85.8 Å². The zero-order chi connectivity index (χ0) is 15.1. The molecule has 0 saturated carbocycles. The Labute approximate surface area is 145 Å². The summed E-state index contributed by atoms with van der Waals surface area (Å²) in [6.07, 6.45) is 9.74. The first-order valence-corrected chi connectivity index (χ1v) is 8.56. The molecule has 0 fully saturated rings. The van der Waals surface area contributed by atoms with Crippen molar-refractivity contribution >= 4 is 24.9 Å². The third-order valence-electron chi connectivity index (χ3n) is 5.38. The van der Waals surface area contributed by atoms with Gasteiger partial charge in [-0.3, -0.25) is 0 Å². The smallest absolute Gasteiger partial charge is 0.0397 e. The van der Waals surface area contributed by atoms with Crippen LogP contribution in [0.4, 0.5) is 11.4 Å². The van der Waals surface area contributed by atoms with E-state index in [4.69, 9.17) is 11.5 Å². The van der Waals surface area contributed by atoms with Gasteiger partial charge in [0.05, 0.1) is 0 Å². The molecule has 2 nitrogen and oxygen atoms in total. The molecule has 0 spiro atoms. The van der Waals surface area contributed by atoms with E-state index in [2.05, 4.69) is 24.3 Å². The van der Waals surface area contributed by atoms with Crippen LogP contribution in [0, 0.1) is 0 Å². The molecule has 2 aromatic rings. The molecule has 23 heavy (non-hydrogen) atoms. The number of fused-ring (bicyclic) bond motifs is 2. The topological polar surface area (TPSA) is 52.0 Å². The molecular weight excluding hydrogens is 300 g/mol. The van der Waals surface area contributed by atoms with Crippen molar-refractivity contribution in [1.29, 1.82) is 0 Å². The molecule has 4 rings (SSSR count). The Bertz CT molecular complexity index is 673. The maximum Gasteiger partial charge on any atom is 0.0397 e. The minimum absolute atomic E-state index is 0. The quantitative estimate of drug-likeness (QED) is 0.764. The second-order valence-corrected chi connectivity index (χ2v) is 6.75. The lowest BCUT2D eigenvalue weighted by atomic mass is 9.79. The highest BCUT2D eigenvalue weighted by molar-refractivity contribution is 7.59. The van der Waals surface area contributed by atoms with Crippen LogP contribution in [0.2, 0.25) is 0 Å². The number of anilines is 2. The summed E-state index contributed by atoms with van der Waals surface area (Å²) in [5, 5.41) is 0. The summed E-state index contributed by atoms with van der Waals surface area (Å²) in [5.74, 6) is 0. The molecule has 4 N–H and O–H groups in total. The molecule has 122 valence electrons. The van der Waals surface area contributed by atoms with Crippen molar-refractivity contribution in [3.63, 3.8) is 0 Å². The first-order chi connectivity index (χ1) is 10.8. The highest BCUT2D eigenvalue weighted by Crippen LogP contribution is 2.43. The molecule has 0 saturated heterocycles. The van der Waals surface area contributed by atoms with Gasteiger partial charge in [-0.25, -0.2) is 0 Å². The maximum absolute atomic E-state index is 6.42. The number of nitrogens with two attached hydrogens (primary N) is 2. The van der Waals surface area contributed by atoms with Crippen LogP contribution in [0.1, 0.15) is 47.9 Å². The van der Waals surface area contributed by atoms with Crippen LogP contribution in [0.5, 0.6) is 0 Å². The third kappa shape index (κ3) is 2.72. The Morgan fingerprint density at radius 1 is 0.565 bits per heavy atom. The Hall–Kier alpha value is -1.61. The van der Waals surface area contributed by atoms with Gasteiger partial charge in [-0.2, -0.15) is 13.5 Å². The van der Waals surface area contributed by atoms with Crippen LogP contribution < -0.4 is 11.5 Å². The second-order valence-electron chi connectivity index (χ2n) is 6.75. The molecule has 2 aliphatic carbocycles. The minimum Gasteiger partial charge on any atom is -0.398 e. The predicted molar refractivity (Wildman–Crippen MR) is 104 cm³/mol. The average molecular weight is 327 g/mol. The summed E-state index contributed by atoms with van der Waals surface area (Å²) in [6.45, 7) is 0. The lowest BCUT2D eigenvalue weighted by Gasteiger charge is -2.26. The first-order valence-electron chi connectivity index (χ1n) is 8.56. The molecule has 2 aliphatic rings. The SMILES string of the molecule is Nc1ccc2c(c1-c1c(N)ccc3c1CCCC3)CCCC2.S. The zero-order valence-corrected chi connectivity index (χ0v) is 14.6. The monoisotopic (exact) mass is 326 g/mol. The van der Waals surface area contributed by atoms with E-state index >= 15 is 0 Å². The van der Waals surface area contributed by atoms with Crippen LogP contribution in [0.15, 0.2) is 24.3 Å². The van der Waals surface area contributed by atoms with Crippen molar-refractivity contribution in [1.82, 2.24) is 0 Å². The molecule has 0 aliphatic heterocycles. The van der Waals surface area contributed by atoms with Gasteiger partial charge in [0.15, 0.2) is 0 Å². The molecule has 0 amide bonds. The number of benzene rings is 2. The van der Waals surface area contributed by atoms with Gasteiger partial charge in [0.2, 0.25) is 0 Å².